The van der Waals surface area contributed by atoms with E-state index < -0.39 is 5.97 Å². The number of nitrogens with one attached hydrogen (secondary N) is 1. The summed E-state index contributed by atoms with van der Waals surface area (Å²) >= 11 is 5.92. The highest BCUT2D eigenvalue weighted by molar-refractivity contribution is 6.33. The summed E-state index contributed by atoms with van der Waals surface area (Å²) < 4.78 is 0. The zero-order chi connectivity index (χ0) is 15.0. The van der Waals surface area contributed by atoms with Crippen molar-refractivity contribution in [1.29, 1.82) is 0 Å². The smallest absolute Gasteiger partial charge is 0.317 e. The molecular weight excluding hydrogens is 280 g/mol. The summed E-state index contributed by atoms with van der Waals surface area (Å²) in [7, 11) is 0. The number of rotatable bonds is 7. The maximum Gasteiger partial charge on any atom is 0.317 e. The Balaban J connectivity index is 2.48. The minimum absolute atomic E-state index is 0.139. The molecule has 0 aliphatic heterocycles. The van der Waals surface area contributed by atoms with E-state index in [2.05, 4.69) is 11.2 Å². The Hall–Kier alpha value is -2.03. The molecule has 0 aromatic heterocycles. The molecule has 6 heteroatoms. The molecule has 0 spiro atoms. The van der Waals surface area contributed by atoms with Gasteiger partial charge in [-0.25, -0.2) is 0 Å². The van der Waals surface area contributed by atoms with E-state index in [0.29, 0.717) is 10.7 Å². The van der Waals surface area contributed by atoms with Crippen LogP contribution in [-0.4, -0.2) is 41.5 Å². The lowest BCUT2D eigenvalue weighted by Crippen LogP contribution is -2.33. The second-order valence-corrected chi connectivity index (χ2v) is 4.49. The molecule has 0 bridgehead atoms. The molecule has 0 fully saturated rings. The van der Waals surface area contributed by atoms with E-state index in [1.165, 1.54) is 4.90 Å². The minimum atomic E-state index is -0.980. The van der Waals surface area contributed by atoms with Crippen molar-refractivity contribution in [3.05, 3.63) is 29.3 Å². The number of hydrogen-bond acceptors (Lipinski definition) is 3. The van der Waals surface area contributed by atoms with Crippen LogP contribution in [0.3, 0.4) is 0 Å². The Labute approximate surface area is 122 Å². The molecule has 0 aliphatic rings. The molecule has 1 aromatic rings. The van der Waals surface area contributed by atoms with Crippen molar-refractivity contribution in [3.63, 3.8) is 0 Å². The molecule has 0 saturated carbocycles. The molecule has 0 unspecified atom stereocenters. The van der Waals surface area contributed by atoms with E-state index in [1.54, 1.807) is 24.3 Å². The normalized spacial score (nSPS) is 10.1. The molecule has 20 heavy (non-hydrogen) atoms. The molecule has 2 N–H and O–H groups in total. The van der Waals surface area contributed by atoms with Crippen LogP contribution in [0.15, 0.2) is 24.3 Å². The van der Waals surface area contributed by atoms with Crippen LogP contribution in [-0.2, 0) is 9.59 Å². The minimum Gasteiger partial charge on any atom is -0.480 e. The summed E-state index contributed by atoms with van der Waals surface area (Å²) in [6, 6.07) is 6.89. The number of nitrogens with zero attached hydrogens (tertiary/aromatic N) is 1. The first-order valence-corrected chi connectivity index (χ1v) is 6.32. The number of aliphatic carboxylic acids is 1. The Kier molecular flexibility index (Phi) is 6.57. The van der Waals surface area contributed by atoms with Gasteiger partial charge in [-0.2, -0.15) is 0 Å². The standard InChI is InChI=1S/C14H15ClN2O3/c1-2-8-17(10-14(19)20)9-7-13(18)16-12-6-4-3-5-11(12)15/h1,3-6H,7-10H2,(H,16,18)(H,19,20). The van der Waals surface area contributed by atoms with Gasteiger partial charge in [0.15, 0.2) is 0 Å². The molecule has 1 rings (SSSR count). The first-order chi connectivity index (χ1) is 9.52. The van der Waals surface area contributed by atoms with Gasteiger partial charge in [-0.1, -0.05) is 29.7 Å². The summed E-state index contributed by atoms with van der Waals surface area (Å²) in [4.78, 5) is 23.9. The predicted molar refractivity (Wildman–Crippen MR) is 77.6 cm³/mol. The van der Waals surface area contributed by atoms with Crippen LogP contribution in [0.1, 0.15) is 6.42 Å². The van der Waals surface area contributed by atoms with Crippen molar-refractivity contribution in [2.24, 2.45) is 0 Å². The largest absolute Gasteiger partial charge is 0.480 e. The number of anilines is 1. The molecule has 0 aliphatic carbocycles. The number of carbonyl (C=O) groups excluding carboxylic acids is 1. The average Bonchev–Trinajstić information content (AvgIpc) is 2.38. The van der Waals surface area contributed by atoms with E-state index in [4.69, 9.17) is 23.1 Å². The molecule has 0 atom stereocenters. The monoisotopic (exact) mass is 294 g/mol. The molecule has 1 amide bonds. The van der Waals surface area contributed by atoms with E-state index in [1.807, 2.05) is 0 Å². The third-order valence-electron chi connectivity index (χ3n) is 2.48. The van der Waals surface area contributed by atoms with Gasteiger partial charge in [-0.15, -0.1) is 6.42 Å². The molecule has 106 valence electrons. The predicted octanol–water partition coefficient (Wildman–Crippen LogP) is 1.69. The number of carboxylic acid groups (broad SMARTS) is 1. The lowest BCUT2D eigenvalue weighted by atomic mass is 10.3. The summed E-state index contributed by atoms with van der Waals surface area (Å²) in [6.07, 6.45) is 5.29. The van der Waals surface area contributed by atoms with E-state index in [0.717, 1.165) is 0 Å². The zero-order valence-corrected chi connectivity index (χ0v) is 11.6. The van der Waals surface area contributed by atoms with Crippen LogP contribution in [0.5, 0.6) is 0 Å². The third kappa shape index (κ3) is 5.74. The average molecular weight is 295 g/mol. The molecule has 0 heterocycles. The maximum absolute atomic E-state index is 11.8. The molecule has 5 nitrogen and oxygen atoms in total. The number of halogens is 1. The van der Waals surface area contributed by atoms with Crippen molar-refractivity contribution in [1.82, 2.24) is 4.90 Å². The Bertz CT molecular complexity index is 525. The lowest BCUT2D eigenvalue weighted by Gasteiger charge is -2.16. The van der Waals surface area contributed by atoms with Crippen molar-refractivity contribution in [2.45, 2.75) is 6.42 Å². The SMILES string of the molecule is C#CCN(CCC(=O)Nc1ccccc1Cl)CC(=O)O. The highest BCUT2D eigenvalue weighted by atomic mass is 35.5. The lowest BCUT2D eigenvalue weighted by molar-refractivity contribution is -0.138. The fourth-order valence-corrected chi connectivity index (χ4v) is 1.75. The quantitative estimate of drug-likeness (QED) is 0.751. The van der Waals surface area contributed by atoms with Crippen molar-refractivity contribution in [3.8, 4) is 12.3 Å². The Morgan fingerprint density at radius 1 is 1.40 bits per heavy atom. The first-order valence-electron chi connectivity index (χ1n) is 5.95. The van der Waals surface area contributed by atoms with E-state index in [9.17, 15) is 9.59 Å². The summed E-state index contributed by atoms with van der Waals surface area (Å²) in [6.45, 7) is 0.266. The fourth-order valence-electron chi connectivity index (χ4n) is 1.57. The molecular formula is C14H15ClN2O3. The van der Waals surface area contributed by atoms with Gasteiger partial charge in [0.1, 0.15) is 0 Å². The number of hydrogen-bond donors (Lipinski definition) is 2. The van der Waals surface area contributed by atoms with Gasteiger partial charge in [0.2, 0.25) is 5.91 Å². The topological polar surface area (TPSA) is 69.6 Å². The van der Waals surface area contributed by atoms with Gasteiger partial charge in [0.25, 0.3) is 0 Å². The van der Waals surface area contributed by atoms with Gasteiger partial charge < -0.3 is 10.4 Å². The summed E-state index contributed by atoms with van der Waals surface area (Å²) in [5, 5.41) is 11.8. The van der Waals surface area contributed by atoms with Gasteiger partial charge in [0.05, 0.1) is 23.8 Å². The Morgan fingerprint density at radius 3 is 2.70 bits per heavy atom. The second-order valence-electron chi connectivity index (χ2n) is 4.09. The highest BCUT2D eigenvalue weighted by Gasteiger charge is 2.11. The maximum atomic E-state index is 11.8. The zero-order valence-electron chi connectivity index (χ0n) is 10.8. The van der Waals surface area contributed by atoms with Gasteiger partial charge in [0, 0.05) is 13.0 Å². The van der Waals surface area contributed by atoms with Gasteiger partial charge in [-0.3, -0.25) is 14.5 Å². The summed E-state index contributed by atoms with van der Waals surface area (Å²) in [5.74, 6) is 1.14. The van der Waals surface area contributed by atoms with E-state index >= 15 is 0 Å². The number of terminal acetylenes is 1. The number of carbonyl (C=O) groups is 2. The molecule has 0 radical (unpaired) electrons. The molecule has 0 saturated heterocycles. The van der Waals surface area contributed by atoms with Crippen LogP contribution in [0.4, 0.5) is 5.69 Å². The van der Waals surface area contributed by atoms with Crippen molar-refractivity contribution >= 4 is 29.2 Å². The fraction of sp³-hybridized carbons (Fsp3) is 0.286. The van der Waals surface area contributed by atoms with Crippen LogP contribution < -0.4 is 5.32 Å². The number of amides is 1. The van der Waals surface area contributed by atoms with Crippen LogP contribution in [0, 0.1) is 12.3 Å². The number of para-hydroxylation sites is 1. The van der Waals surface area contributed by atoms with Crippen LogP contribution in [0.2, 0.25) is 5.02 Å². The molecule has 1 aromatic carbocycles. The van der Waals surface area contributed by atoms with Crippen LogP contribution in [0.25, 0.3) is 0 Å². The second kappa shape index (κ2) is 8.20. The van der Waals surface area contributed by atoms with Crippen LogP contribution >= 0.6 is 11.6 Å². The van der Waals surface area contributed by atoms with Gasteiger partial charge in [-0.05, 0) is 12.1 Å². The summed E-state index contributed by atoms with van der Waals surface area (Å²) in [5.41, 5.74) is 0.529. The number of benzene rings is 1. The number of carboxylic acids is 1. The Morgan fingerprint density at radius 2 is 2.10 bits per heavy atom. The van der Waals surface area contributed by atoms with Crippen molar-refractivity contribution < 1.29 is 14.7 Å². The third-order valence-corrected chi connectivity index (χ3v) is 2.81. The van der Waals surface area contributed by atoms with Crippen molar-refractivity contribution in [2.75, 3.05) is 25.0 Å². The van der Waals surface area contributed by atoms with Gasteiger partial charge >= 0.3 is 5.97 Å². The highest BCUT2D eigenvalue weighted by Crippen LogP contribution is 2.20. The van der Waals surface area contributed by atoms with E-state index in [-0.39, 0.29) is 32.0 Å². The first kappa shape index (κ1) is 16.0.